The Morgan fingerprint density at radius 1 is 1.06 bits per heavy atom. The van der Waals surface area contributed by atoms with Crippen LogP contribution < -0.4 is 9.46 Å². The summed E-state index contributed by atoms with van der Waals surface area (Å²) >= 11 is 11.9. The summed E-state index contributed by atoms with van der Waals surface area (Å²) in [4.78, 5) is 11.5. The zero-order chi connectivity index (χ0) is 24.7. The van der Waals surface area contributed by atoms with Crippen LogP contribution in [0.3, 0.4) is 0 Å². The number of fused-ring (bicyclic) bond motifs is 1. The number of alkyl halides is 3. The van der Waals surface area contributed by atoms with E-state index in [1.54, 1.807) is 12.1 Å². The van der Waals surface area contributed by atoms with Crippen molar-refractivity contribution in [3.05, 3.63) is 70.7 Å². The Balaban J connectivity index is 1.84. The summed E-state index contributed by atoms with van der Waals surface area (Å²) < 4.78 is 76.2. The molecule has 14 heteroatoms. The maximum Gasteiger partial charge on any atom is 0.432 e. The maximum absolute atomic E-state index is 13.9. The van der Waals surface area contributed by atoms with Crippen LogP contribution in [0.4, 0.5) is 19.0 Å². The minimum absolute atomic E-state index is 0.0301. The molecule has 0 aliphatic carbocycles. The van der Waals surface area contributed by atoms with Crippen LogP contribution in [0.25, 0.3) is 11.0 Å². The second-order valence-electron chi connectivity index (χ2n) is 6.96. The van der Waals surface area contributed by atoms with Crippen LogP contribution in [0.1, 0.15) is 11.9 Å². The van der Waals surface area contributed by atoms with E-state index in [2.05, 4.69) is 19.7 Å². The Bertz CT molecular complexity index is 1480. The number of halogens is 5. The normalized spacial score (nSPS) is 13.1. The van der Waals surface area contributed by atoms with Crippen molar-refractivity contribution in [1.29, 1.82) is 0 Å². The highest BCUT2D eigenvalue weighted by Gasteiger charge is 2.46. The van der Waals surface area contributed by atoms with Gasteiger partial charge < -0.3 is 9.30 Å². The molecule has 2 aromatic carbocycles. The molecule has 2 heterocycles. The molecule has 0 amide bonds. The average molecular weight is 532 g/mol. The fourth-order valence-electron chi connectivity index (χ4n) is 3.01. The molecule has 1 N–H and O–H groups in total. The highest BCUT2D eigenvalue weighted by Crippen LogP contribution is 2.38. The molecule has 0 saturated heterocycles. The third kappa shape index (κ3) is 4.74. The molecule has 34 heavy (non-hydrogen) atoms. The quantitative estimate of drug-likeness (QED) is 0.369. The second-order valence-corrected chi connectivity index (χ2v) is 9.40. The zero-order valence-electron chi connectivity index (χ0n) is 17.1. The molecule has 4 rings (SSSR count). The molecule has 1 unspecified atom stereocenters. The molecule has 2 aromatic heterocycles. The molecule has 0 spiro atoms. The lowest BCUT2D eigenvalue weighted by Gasteiger charge is -2.22. The van der Waals surface area contributed by atoms with Crippen molar-refractivity contribution in [1.82, 2.24) is 19.5 Å². The Kier molecular flexibility index (Phi) is 6.32. The van der Waals surface area contributed by atoms with Gasteiger partial charge in [0.1, 0.15) is 4.90 Å². The largest absolute Gasteiger partial charge is 0.454 e. The van der Waals surface area contributed by atoms with Gasteiger partial charge >= 0.3 is 6.18 Å². The van der Waals surface area contributed by atoms with E-state index in [1.165, 1.54) is 49.8 Å². The van der Waals surface area contributed by atoms with Gasteiger partial charge in [0, 0.05) is 19.4 Å². The van der Waals surface area contributed by atoms with Gasteiger partial charge in [-0.2, -0.15) is 13.2 Å². The van der Waals surface area contributed by atoms with Crippen molar-refractivity contribution >= 4 is 50.1 Å². The summed E-state index contributed by atoms with van der Waals surface area (Å²) in [5, 5.41) is -0.299. The first-order valence-electron chi connectivity index (χ1n) is 9.41. The predicted molar refractivity (Wildman–Crippen MR) is 119 cm³/mol. The van der Waals surface area contributed by atoms with E-state index in [4.69, 9.17) is 27.9 Å². The molecule has 1 atom stereocenters. The molecule has 0 aliphatic rings. The van der Waals surface area contributed by atoms with Gasteiger partial charge in [0.05, 0.1) is 21.1 Å². The molecular formula is C20H14Cl2F3N5O3S. The van der Waals surface area contributed by atoms with Crippen LogP contribution in [0.2, 0.25) is 10.0 Å². The summed E-state index contributed by atoms with van der Waals surface area (Å²) in [6.07, 6.45) is -4.97. The molecule has 0 saturated carbocycles. The second kappa shape index (κ2) is 8.93. The predicted octanol–water partition coefficient (Wildman–Crippen LogP) is 5.15. The van der Waals surface area contributed by atoms with Crippen LogP contribution in [0.15, 0.2) is 59.8 Å². The number of nitrogens with zero attached hydrogens (tertiary/aromatic N) is 4. The van der Waals surface area contributed by atoms with Gasteiger partial charge in [-0.3, -0.25) is 4.72 Å². The van der Waals surface area contributed by atoms with Crippen molar-refractivity contribution in [3.8, 4) is 5.88 Å². The Morgan fingerprint density at radius 2 is 1.74 bits per heavy atom. The number of nitrogens with one attached hydrogen (secondary N) is 1. The highest BCUT2D eigenvalue weighted by molar-refractivity contribution is 7.92. The molecule has 8 nitrogen and oxygen atoms in total. The highest BCUT2D eigenvalue weighted by atomic mass is 35.5. The van der Waals surface area contributed by atoms with Gasteiger partial charge in [0.2, 0.25) is 5.82 Å². The fourth-order valence-corrected chi connectivity index (χ4v) is 4.78. The van der Waals surface area contributed by atoms with E-state index < -0.39 is 44.7 Å². The Hall–Kier alpha value is -3.09. The summed E-state index contributed by atoms with van der Waals surface area (Å²) in [7, 11) is -3.08. The molecule has 0 bridgehead atoms. The number of sulfonamides is 1. The first kappa shape index (κ1) is 24.0. The smallest absolute Gasteiger partial charge is 0.432 e. The van der Waals surface area contributed by atoms with Crippen LogP contribution in [-0.4, -0.2) is 34.1 Å². The molecule has 0 radical (unpaired) electrons. The van der Waals surface area contributed by atoms with E-state index in [0.717, 1.165) is 4.57 Å². The van der Waals surface area contributed by atoms with Crippen LogP contribution >= 0.6 is 23.2 Å². The van der Waals surface area contributed by atoms with E-state index in [1.807, 2.05) is 0 Å². The summed E-state index contributed by atoms with van der Waals surface area (Å²) in [5.74, 6) is -1.74. The summed E-state index contributed by atoms with van der Waals surface area (Å²) in [6.45, 7) is 0. The summed E-state index contributed by atoms with van der Waals surface area (Å²) in [5.41, 5.74) is 0.396. The number of aryl methyl sites for hydroxylation is 1. The molecule has 4 aromatic rings. The summed E-state index contributed by atoms with van der Waals surface area (Å²) in [6, 6.07) is 10.1. The lowest BCUT2D eigenvalue weighted by atomic mass is 10.3. The number of rotatable bonds is 6. The number of para-hydroxylation sites is 2. The monoisotopic (exact) mass is 531 g/mol. The number of imidazole rings is 1. The number of benzene rings is 2. The Morgan fingerprint density at radius 3 is 2.35 bits per heavy atom. The number of anilines is 1. The van der Waals surface area contributed by atoms with Crippen molar-refractivity contribution < 1.29 is 26.3 Å². The van der Waals surface area contributed by atoms with Crippen molar-refractivity contribution in [3.63, 3.8) is 0 Å². The third-order valence-corrected chi connectivity index (χ3v) is 6.91. The molecular weight excluding hydrogens is 518 g/mol. The minimum atomic E-state index is -4.90. The first-order valence-corrected chi connectivity index (χ1v) is 11.7. The van der Waals surface area contributed by atoms with Crippen molar-refractivity contribution in [2.75, 3.05) is 4.72 Å². The standard InChI is InChI=1S/C20H14Cl2F3N5O3S/c1-30-10-9-26-18(30)16(20(23,24)25)33-19-17(27-12-6-2-3-7-13(12)28-19)29-34(31,32)14-8-4-5-11(21)15(14)22/h2-10,16H,1H3,(H,27,29). The van der Waals surface area contributed by atoms with Crippen molar-refractivity contribution in [2.24, 2.45) is 7.05 Å². The topological polar surface area (TPSA) is 99.0 Å². The number of hydrogen-bond donors (Lipinski definition) is 1. The molecule has 178 valence electrons. The average Bonchev–Trinajstić information content (AvgIpc) is 3.18. The molecule has 0 fully saturated rings. The van der Waals surface area contributed by atoms with E-state index >= 15 is 0 Å². The van der Waals surface area contributed by atoms with Gasteiger partial charge in [-0.05, 0) is 24.3 Å². The van der Waals surface area contributed by atoms with E-state index in [-0.39, 0.29) is 21.1 Å². The lowest BCUT2D eigenvalue weighted by Crippen LogP contribution is -2.29. The van der Waals surface area contributed by atoms with E-state index in [0.29, 0.717) is 0 Å². The number of hydrogen-bond acceptors (Lipinski definition) is 6. The van der Waals surface area contributed by atoms with Crippen LogP contribution in [0.5, 0.6) is 5.88 Å². The van der Waals surface area contributed by atoms with Crippen molar-refractivity contribution in [2.45, 2.75) is 17.2 Å². The van der Waals surface area contributed by atoms with Gasteiger partial charge in [0.15, 0.2) is 5.82 Å². The number of aromatic nitrogens is 4. The molecule has 0 aliphatic heterocycles. The zero-order valence-corrected chi connectivity index (χ0v) is 19.4. The SMILES string of the molecule is Cn1ccnc1C(Oc1nc2ccccc2nc1NS(=O)(=O)c1cccc(Cl)c1Cl)C(F)(F)F. The van der Waals surface area contributed by atoms with Gasteiger partial charge in [-0.1, -0.05) is 41.4 Å². The first-order chi connectivity index (χ1) is 16.0. The van der Waals surface area contributed by atoms with Gasteiger partial charge in [-0.15, -0.1) is 0 Å². The maximum atomic E-state index is 13.9. The van der Waals surface area contributed by atoms with E-state index in [9.17, 15) is 21.6 Å². The lowest BCUT2D eigenvalue weighted by molar-refractivity contribution is -0.201. The Labute approximate surface area is 201 Å². The third-order valence-electron chi connectivity index (χ3n) is 4.60. The van der Waals surface area contributed by atoms with Crippen LogP contribution in [0, 0.1) is 0 Å². The van der Waals surface area contributed by atoms with Crippen LogP contribution in [-0.2, 0) is 17.1 Å². The fraction of sp³-hybridized carbons (Fsp3) is 0.150. The number of ether oxygens (including phenoxy) is 1. The van der Waals surface area contributed by atoms with Gasteiger partial charge in [0.25, 0.3) is 22.0 Å². The van der Waals surface area contributed by atoms with Gasteiger partial charge in [-0.25, -0.2) is 23.4 Å². The minimum Gasteiger partial charge on any atom is -0.454 e.